The van der Waals surface area contributed by atoms with Gasteiger partial charge in [-0.2, -0.15) is 0 Å². The molecule has 0 aliphatic heterocycles. The molecule has 18 heavy (non-hydrogen) atoms. The van der Waals surface area contributed by atoms with Gasteiger partial charge >= 0.3 is 0 Å². The lowest BCUT2D eigenvalue weighted by molar-refractivity contribution is 0.572. The lowest BCUT2D eigenvalue weighted by Crippen LogP contribution is -2.27. The van der Waals surface area contributed by atoms with E-state index in [1.807, 2.05) is 7.05 Å². The van der Waals surface area contributed by atoms with Gasteiger partial charge in [0.2, 0.25) is 0 Å². The Kier molecular flexibility index (Phi) is 3.99. The molecule has 1 heterocycles. The van der Waals surface area contributed by atoms with E-state index in [4.69, 9.17) is 0 Å². The van der Waals surface area contributed by atoms with E-state index in [-0.39, 0.29) is 11.1 Å². The predicted molar refractivity (Wildman–Crippen MR) is 69.5 cm³/mol. The van der Waals surface area contributed by atoms with Crippen molar-refractivity contribution in [1.29, 1.82) is 0 Å². The quantitative estimate of drug-likeness (QED) is 0.804. The zero-order valence-corrected chi connectivity index (χ0v) is 11.5. The summed E-state index contributed by atoms with van der Waals surface area (Å²) in [5.74, 6) is 0.489. The standard InChI is InChI=1S/C12H19N3O2S/c1-3-10-6-11(10)15-18(16,17)12-5-4-9(7-13-2)8-14-12/h4-5,8,10-11,13,15H,3,6-7H2,1-2H3. The van der Waals surface area contributed by atoms with Crippen LogP contribution >= 0.6 is 0 Å². The molecule has 0 spiro atoms. The molecule has 6 heteroatoms. The molecule has 0 radical (unpaired) electrons. The maximum absolute atomic E-state index is 12.0. The second-order valence-corrected chi connectivity index (χ2v) is 6.33. The van der Waals surface area contributed by atoms with Gasteiger partial charge in [-0.25, -0.2) is 18.1 Å². The minimum atomic E-state index is -3.45. The summed E-state index contributed by atoms with van der Waals surface area (Å²) in [5, 5.41) is 3.09. The molecule has 1 saturated carbocycles. The van der Waals surface area contributed by atoms with Crippen LogP contribution in [0.15, 0.2) is 23.4 Å². The molecular weight excluding hydrogens is 250 g/mol. The van der Waals surface area contributed by atoms with Crippen LogP contribution in [0.2, 0.25) is 0 Å². The van der Waals surface area contributed by atoms with Crippen LogP contribution in [0.25, 0.3) is 0 Å². The second-order valence-electron chi connectivity index (χ2n) is 4.67. The minimum Gasteiger partial charge on any atom is -0.316 e. The smallest absolute Gasteiger partial charge is 0.258 e. The number of hydrogen-bond donors (Lipinski definition) is 2. The van der Waals surface area contributed by atoms with E-state index >= 15 is 0 Å². The Balaban J connectivity index is 2.05. The Morgan fingerprint density at radius 3 is 2.72 bits per heavy atom. The van der Waals surface area contributed by atoms with Crippen molar-refractivity contribution in [3.63, 3.8) is 0 Å². The Labute approximate surface area is 108 Å². The Morgan fingerprint density at radius 2 is 2.22 bits per heavy atom. The van der Waals surface area contributed by atoms with Crippen molar-refractivity contribution in [2.45, 2.75) is 37.4 Å². The van der Waals surface area contributed by atoms with E-state index in [2.05, 4.69) is 21.9 Å². The summed E-state index contributed by atoms with van der Waals surface area (Å²) in [4.78, 5) is 4.01. The summed E-state index contributed by atoms with van der Waals surface area (Å²) in [6.45, 7) is 2.76. The lowest BCUT2D eigenvalue weighted by atomic mass is 10.3. The zero-order valence-electron chi connectivity index (χ0n) is 10.7. The summed E-state index contributed by atoms with van der Waals surface area (Å²) in [6, 6.07) is 3.43. The average molecular weight is 269 g/mol. The van der Waals surface area contributed by atoms with Gasteiger partial charge in [0.1, 0.15) is 0 Å². The van der Waals surface area contributed by atoms with Crippen LogP contribution in [-0.2, 0) is 16.6 Å². The van der Waals surface area contributed by atoms with Gasteiger partial charge in [-0.1, -0.05) is 19.4 Å². The first kappa shape index (κ1) is 13.5. The van der Waals surface area contributed by atoms with Crippen molar-refractivity contribution in [2.24, 2.45) is 5.92 Å². The van der Waals surface area contributed by atoms with E-state index in [0.29, 0.717) is 12.5 Å². The number of nitrogens with one attached hydrogen (secondary N) is 2. The molecule has 5 nitrogen and oxygen atoms in total. The molecule has 2 rings (SSSR count). The van der Waals surface area contributed by atoms with Gasteiger partial charge in [0.15, 0.2) is 5.03 Å². The van der Waals surface area contributed by atoms with E-state index in [0.717, 1.165) is 18.4 Å². The number of hydrogen-bond acceptors (Lipinski definition) is 4. The number of rotatable bonds is 6. The predicted octanol–water partition coefficient (Wildman–Crippen LogP) is 0.878. The first-order valence-corrected chi connectivity index (χ1v) is 7.67. The van der Waals surface area contributed by atoms with Gasteiger partial charge in [0.25, 0.3) is 10.0 Å². The van der Waals surface area contributed by atoms with Crippen LogP contribution < -0.4 is 10.0 Å². The number of nitrogens with zero attached hydrogens (tertiary/aromatic N) is 1. The third-order valence-corrected chi connectivity index (χ3v) is 4.61. The molecule has 1 aromatic heterocycles. The molecule has 2 unspecified atom stereocenters. The molecule has 0 amide bonds. The van der Waals surface area contributed by atoms with Crippen molar-refractivity contribution in [3.05, 3.63) is 23.9 Å². The highest BCUT2D eigenvalue weighted by Crippen LogP contribution is 2.34. The zero-order chi connectivity index (χ0) is 13.2. The summed E-state index contributed by atoms with van der Waals surface area (Å²) < 4.78 is 26.7. The van der Waals surface area contributed by atoms with E-state index in [1.54, 1.807) is 18.3 Å². The fraction of sp³-hybridized carbons (Fsp3) is 0.583. The highest BCUT2D eigenvalue weighted by molar-refractivity contribution is 7.89. The SMILES string of the molecule is CCC1CC1NS(=O)(=O)c1ccc(CNC)cn1. The number of sulfonamides is 1. The van der Waals surface area contributed by atoms with Crippen LogP contribution in [0.5, 0.6) is 0 Å². The highest BCUT2D eigenvalue weighted by atomic mass is 32.2. The monoisotopic (exact) mass is 269 g/mol. The Hall–Kier alpha value is -0.980. The lowest BCUT2D eigenvalue weighted by Gasteiger charge is -2.06. The van der Waals surface area contributed by atoms with Crippen LogP contribution in [0.3, 0.4) is 0 Å². The van der Waals surface area contributed by atoms with Gasteiger partial charge in [0, 0.05) is 18.8 Å². The average Bonchev–Trinajstić information content (AvgIpc) is 3.08. The highest BCUT2D eigenvalue weighted by Gasteiger charge is 2.38. The van der Waals surface area contributed by atoms with Crippen molar-refractivity contribution < 1.29 is 8.42 Å². The maximum Gasteiger partial charge on any atom is 0.258 e. The van der Waals surface area contributed by atoms with Crippen molar-refractivity contribution in [2.75, 3.05) is 7.05 Å². The van der Waals surface area contributed by atoms with Crippen LogP contribution in [0.4, 0.5) is 0 Å². The molecule has 100 valence electrons. The second kappa shape index (κ2) is 5.34. The summed E-state index contributed by atoms with van der Waals surface area (Å²) in [5.41, 5.74) is 0.967. The normalized spacial score (nSPS) is 23.0. The van der Waals surface area contributed by atoms with Crippen molar-refractivity contribution in [3.8, 4) is 0 Å². The maximum atomic E-state index is 12.0. The molecule has 0 saturated heterocycles. The Morgan fingerprint density at radius 1 is 1.44 bits per heavy atom. The third-order valence-electron chi connectivity index (χ3n) is 3.21. The van der Waals surface area contributed by atoms with E-state index < -0.39 is 10.0 Å². The number of aromatic nitrogens is 1. The molecule has 1 aliphatic carbocycles. The first-order chi connectivity index (χ1) is 8.56. The first-order valence-electron chi connectivity index (χ1n) is 6.18. The van der Waals surface area contributed by atoms with Crippen LogP contribution in [0.1, 0.15) is 25.3 Å². The number of pyridine rings is 1. The minimum absolute atomic E-state index is 0.0961. The van der Waals surface area contributed by atoms with Gasteiger partial charge < -0.3 is 5.32 Å². The van der Waals surface area contributed by atoms with E-state index in [1.165, 1.54) is 0 Å². The van der Waals surface area contributed by atoms with Gasteiger partial charge in [-0.05, 0) is 31.0 Å². The van der Waals surface area contributed by atoms with E-state index in [9.17, 15) is 8.42 Å². The molecule has 0 aromatic carbocycles. The molecule has 1 aromatic rings. The molecular formula is C12H19N3O2S. The Bertz CT molecular complexity index is 499. The van der Waals surface area contributed by atoms with Crippen LogP contribution in [0, 0.1) is 5.92 Å². The largest absolute Gasteiger partial charge is 0.316 e. The summed E-state index contributed by atoms with van der Waals surface area (Å²) in [7, 11) is -1.62. The molecule has 1 aliphatic rings. The molecule has 2 N–H and O–H groups in total. The fourth-order valence-electron chi connectivity index (χ4n) is 1.98. The molecule has 0 bridgehead atoms. The molecule has 1 fully saturated rings. The van der Waals surface area contributed by atoms with Crippen LogP contribution in [-0.4, -0.2) is 26.5 Å². The fourth-order valence-corrected chi connectivity index (χ4v) is 3.23. The van der Waals surface area contributed by atoms with Crippen molar-refractivity contribution in [1.82, 2.24) is 15.0 Å². The third kappa shape index (κ3) is 3.07. The molecule has 2 atom stereocenters. The summed E-state index contributed by atoms with van der Waals surface area (Å²) >= 11 is 0. The topological polar surface area (TPSA) is 71.1 Å². The van der Waals surface area contributed by atoms with Gasteiger partial charge in [-0.15, -0.1) is 0 Å². The summed E-state index contributed by atoms with van der Waals surface area (Å²) in [6.07, 6.45) is 3.55. The van der Waals surface area contributed by atoms with Crippen molar-refractivity contribution >= 4 is 10.0 Å². The van der Waals surface area contributed by atoms with Gasteiger partial charge in [-0.3, -0.25) is 0 Å². The van der Waals surface area contributed by atoms with Gasteiger partial charge in [0.05, 0.1) is 0 Å².